The Bertz CT molecular complexity index is 1630. The standard InChI is InChI=1S/C23H20F4N6O3S/c24-17-5-1-3-14(11-17)13-33-21-19(30-31-33)22(34)29-20(28-21)15-7-9-32(10-8-15)37(35,36)18-6-2-4-16(12-18)23(25,26)27/h1-6,11-12,15H,7-10,13H2,(H,28,29,34). The molecule has 5 rings (SSSR count). The molecule has 194 valence electrons. The second-order valence-corrected chi connectivity index (χ2v) is 10.6. The molecule has 0 radical (unpaired) electrons. The molecule has 0 amide bonds. The Morgan fingerprint density at radius 1 is 1.05 bits per heavy atom. The van der Waals surface area contributed by atoms with Gasteiger partial charge in [0.2, 0.25) is 10.0 Å². The van der Waals surface area contributed by atoms with Gasteiger partial charge in [-0.05, 0) is 48.7 Å². The van der Waals surface area contributed by atoms with E-state index in [-0.39, 0.29) is 49.6 Å². The van der Waals surface area contributed by atoms with Crippen molar-refractivity contribution in [1.82, 2.24) is 29.3 Å². The van der Waals surface area contributed by atoms with Gasteiger partial charge in [0.25, 0.3) is 5.56 Å². The molecule has 1 aliphatic heterocycles. The van der Waals surface area contributed by atoms with Crippen molar-refractivity contribution in [1.29, 1.82) is 0 Å². The summed E-state index contributed by atoms with van der Waals surface area (Å²) in [6, 6.07) is 9.54. The van der Waals surface area contributed by atoms with E-state index in [1.807, 2.05) is 0 Å². The van der Waals surface area contributed by atoms with Gasteiger partial charge in [-0.2, -0.15) is 17.5 Å². The second-order valence-electron chi connectivity index (χ2n) is 8.70. The molecule has 14 heteroatoms. The van der Waals surface area contributed by atoms with Gasteiger partial charge in [-0.25, -0.2) is 22.5 Å². The van der Waals surface area contributed by atoms with Gasteiger partial charge in [0.15, 0.2) is 11.2 Å². The monoisotopic (exact) mass is 536 g/mol. The zero-order chi connectivity index (χ0) is 26.4. The summed E-state index contributed by atoms with van der Waals surface area (Å²) in [4.78, 5) is 19.4. The molecule has 2 aromatic heterocycles. The van der Waals surface area contributed by atoms with Crippen molar-refractivity contribution in [2.24, 2.45) is 0 Å². The van der Waals surface area contributed by atoms with E-state index in [0.717, 1.165) is 22.5 Å². The number of sulfonamides is 1. The predicted octanol–water partition coefficient (Wildman–Crippen LogP) is 3.29. The highest BCUT2D eigenvalue weighted by Crippen LogP contribution is 2.33. The topological polar surface area (TPSA) is 114 Å². The van der Waals surface area contributed by atoms with E-state index in [1.165, 1.54) is 16.8 Å². The van der Waals surface area contributed by atoms with Crippen molar-refractivity contribution in [2.75, 3.05) is 13.1 Å². The lowest BCUT2D eigenvalue weighted by Crippen LogP contribution is -2.38. The molecule has 1 aliphatic rings. The molecule has 1 saturated heterocycles. The molecule has 4 aromatic rings. The minimum absolute atomic E-state index is 0.0183. The van der Waals surface area contributed by atoms with Crippen molar-refractivity contribution < 1.29 is 26.0 Å². The number of nitrogens with one attached hydrogen (secondary N) is 1. The smallest absolute Gasteiger partial charge is 0.308 e. The van der Waals surface area contributed by atoms with Crippen molar-refractivity contribution >= 4 is 21.2 Å². The van der Waals surface area contributed by atoms with Crippen LogP contribution in [0.3, 0.4) is 0 Å². The fourth-order valence-electron chi connectivity index (χ4n) is 4.34. The third-order valence-corrected chi connectivity index (χ3v) is 8.15. The van der Waals surface area contributed by atoms with Gasteiger partial charge in [0, 0.05) is 19.0 Å². The lowest BCUT2D eigenvalue weighted by molar-refractivity contribution is -0.137. The zero-order valence-corrected chi connectivity index (χ0v) is 19.9. The van der Waals surface area contributed by atoms with Gasteiger partial charge < -0.3 is 4.98 Å². The van der Waals surface area contributed by atoms with Crippen LogP contribution in [0.5, 0.6) is 0 Å². The summed E-state index contributed by atoms with van der Waals surface area (Å²) in [6.45, 7) is 0.204. The summed E-state index contributed by atoms with van der Waals surface area (Å²) < 4.78 is 81.2. The number of benzene rings is 2. The molecular formula is C23H20F4N6O3S. The van der Waals surface area contributed by atoms with Crippen LogP contribution in [0, 0.1) is 5.82 Å². The Labute approximate surface area is 207 Å². The summed E-state index contributed by atoms with van der Waals surface area (Å²) in [5, 5.41) is 7.83. The van der Waals surface area contributed by atoms with Gasteiger partial charge in [-0.15, -0.1) is 5.10 Å². The van der Waals surface area contributed by atoms with E-state index < -0.39 is 38.0 Å². The molecule has 0 aliphatic carbocycles. The number of rotatable bonds is 5. The first-order valence-corrected chi connectivity index (χ1v) is 12.7. The Balaban J connectivity index is 1.36. The summed E-state index contributed by atoms with van der Waals surface area (Å²) in [5.41, 5.74) is -0.721. The van der Waals surface area contributed by atoms with Crippen molar-refractivity contribution in [2.45, 2.75) is 36.4 Å². The molecule has 0 bridgehead atoms. The van der Waals surface area contributed by atoms with Crippen LogP contribution in [0.25, 0.3) is 11.2 Å². The number of fused-ring (bicyclic) bond motifs is 1. The lowest BCUT2D eigenvalue weighted by Gasteiger charge is -2.30. The predicted molar refractivity (Wildman–Crippen MR) is 124 cm³/mol. The summed E-state index contributed by atoms with van der Waals surface area (Å²) in [5.74, 6) is -0.390. The maximum Gasteiger partial charge on any atom is 0.416 e. The molecule has 0 unspecified atom stereocenters. The number of aromatic amines is 1. The van der Waals surface area contributed by atoms with E-state index in [9.17, 15) is 30.8 Å². The highest BCUT2D eigenvalue weighted by Gasteiger charge is 2.35. The van der Waals surface area contributed by atoms with E-state index in [0.29, 0.717) is 17.5 Å². The molecule has 0 atom stereocenters. The molecule has 2 aromatic carbocycles. The minimum atomic E-state index is -4.66. The number of aromatic nitrogens is 5. The highest BCUT2D eigenvalue weighted by atomic mass is 32.2. The fraction of sp³-hybridized carbons (Fsp3) is 0.304. The summed E-state index contributed by atoms with van der Waals surface area (Å²) in [6.07, 6.45) is -4.08. The molecule has 0 spiro atoms. The Morgan fingerprint density at radius 2 is 1.78 bits per heavy atom. The Kier molecular flexibility index (Phi) is 6.31. The maximum absolute atomic E-state index is 13.6. The lowest BCUT2D eigenvalue weighted by atomic mass is 9.97. The van der Waals surface area contributed by atoms with Gasteiger partial charge in [0.1, 0.15) is 11.6 Å². The summed E-state index contributed by atoms with van der Waals surface area (Å²) in [7, 11) is -4.14. The third-order valence-electron chi connectivity index (χ3n) is 6.25. The van der Waals surface area contributed by atoms with Crippen LogP contribution >= 0.6 is 0 Å². The number of piperidine rings is 1. The first-order valence-electron chi connectivity index (χ1n) is 11.3. The largest absolute Gasteiger partial charge is 0.416 e. The average molecular weight is 537 g/mol. The minimum Gasteiger partial charge on any atom is -0.308 e. The maximum atomic E-state index is 13.6. The van der Waals surface area contributed by atoms with E-state index >= 15 is 0 Å². The van der Waals surface area contributed by atoms with Gasteiger partial charge in [-0.3, -0.25) is 4.79 Å². The zero-order valence-electron chi connectivity index (χ0n) is 19.1. The second kappa shape index (κ2) is 9.34. The number of hydrogen-bond acceptors (Lipinski definition) is 6. The average Bonchev–Trinajstić information content (AvgIpc) is 3.27. The highest BCUT2D eigenvalue weighted by molar-refractivity contribution is 7.89. The number of hydrogen-bond donors (Lipinski definition) is 1. The fourth-order valence-corrected chi connectivity index (χ4v) is 5.86. The van der Waals surface area contributed by atoms with E-state index in [2.05, 4.69) is 20.3 Å². The van der Waals surface area contributed by atoms with Crippen molar-refractivity contribution in [3.63, 3.8) is 0 Å². The van der Waals surface area contributed by atoms with Gasteiger partial charge in [0.05, 0.1) is 17.0 Å². The van der Waals surface area contributed by atoms with Gasteiger partial charge >= 0.3 is 6.18 Å². The molecule has 3 heterocycles. The number of halogens is 4. The van der Waals surface area contributed by atoms with Crippen molar-refractivity contribution in [3.05, 3.63) is 81.7 Å². The Morgan fingerprint density at radius 3 is 2.49 bits per heavy atom. The van der Waals surface area contributed by atoms with Crippen LogP contribution < -0.4 is 5.56 Å². The Hall–Kier alpha value is -3.65. The van der Waals surface area contributed by atoms with E-state index in [1.54, 1.807) is 12.1 Å². The summed E-state index contributed by atoms with van der Waals surface area (Å²) >= 11 is 0. The molecule has 9 nitrogen and oxygen atoms in total. The van der Waals surface area contributed by atoms with Crippen LogP contribution in [0.1, 0.15) is 35.7 Å². The first kappa shape index (κ1) is 25.0. The van der Waals surface area contributed by atoms with Gasteiger partial charge in [-0.1, -0.05) is 23.4 Å². The van der Waals surface area contributed by atoms with E-state index in [4.69, 9.17) is 0 Å². The quantitative estimate of drug-likeness (QED) is 0.392. The van der Waals surface area contributed by atoms with Crippen LogP contribution in [0.4, 0.5) is 17.6 Å². The van der Waals surface area contributed by atoms with Crippen LogP contribution in [0.15, 0.2) is 58.2 Å². The molecular weight excluding hydrogens is 516 g/mol. The molecule has 37 heavy (non-hydrogen) atoms. The van der Waals surface area contributed by atoms with Crippen LogP contribution in [-0.4, -0.2) is 50.8 Å². The SMILES string of the molecule is O=c1[nH]c(C2CCN(S(=O)(=O)c3cccc(C(F)(F)F)c3)CC2)nc2c1nnn2Cc1cccc(F)c1. The number of nitrogens with zero attached hydrogens (tertiary/aromatic N) is 5. The molecule has 1 fully saturated rings. The first-order chi connectivity index (χ1) is 17.5. The number of H-pyrrole nitrogens is 1. The van der Waals surface area contributed by atoms with Crippen LogP contribution in [-0.2, 0) is 22.7 Å². The molecule has 0 saturated carbocycles. The molecule has 1 N–H and O–H groups in total. The third kappa shape index (κ3) is 4.98. The van der Waals surface area contributed by atoms with Crippen molar-refractivity contribution in [3.8, 4) is 0 Å². The van der Waals surface area contributed by atoms with Crippen LogP contribution in [0.2, 0.25) is 0 Å². The number of alkyl halides is 3. The normalized spacial score (nSPS) is 15.9.